The highest BCUT2D eigenvalue weighted by atomic mass is 32.1. The van der Waals surface area contributed by atoms with Crippen molar-refractivity contribution in [1.29, 1.82) is 0 Å². The number of carbonyl (C=O) groups excluding carboxylic acids is 1. The lowest BCUT2D eigenvalue weighted by Crippen LogP contribution is -2.05. The van der Waals surface area contributed by atoms with E-state index in [1.807, 2.05) is 0 Å². The number of ether oxygens (including phenoxy) is 1. The number of thiophene rings is 1. The maximum Gasteiger partial charge on any atom is 0.416 e. The van der Waals surface area contributed by atoms with E-state index < -0.39 is 11.7 Å². The second-order valence-corrected chi connectivity index (χ2v) is 4.73. The van der Waals surface area contributed by atoms with Crippen LogP contribution in [-0.2, 0) is 12.8 Å². The van der Waals surface area contributed by atoms with Crippen molar-refractivity contribution < 1.29 is 22.7 Å². The van der Waals surface area contributed by atoms with Gasteiger partial charge in [0.2, 0.25) is 0 Å². The van der Waals surface area contributed by atoms with Crippen LogP contribution in [0.5, 0.6) is 5.75 Å². The molecule has 0 fully saturated rings. The molecule has 0 bridgehead atoms. The Morgan fingerprint density at radius 2 is 2.05 bits per heavy atom. The molecule has 100 valence electrons. The Balaban J connectivity index is 2.05. The van der Waals surface area contributed by atoms with Crippen molar-refractivity contribution in [2.75, 3.05) is 0 Å². The molecule has 0 aliphatic carbocycles. The molecule has 0 spiro atoms. The summed E-state index contributed by atoms with van der Waals surface area (Å²) < 4.78 is 42.7. The molecule has 0 N–H and O–H groups in total. The summed E-state index contributed by atoms with van der Waals surface area (Å²) >= 11 is 1.26. The molecular formula is C13H9F3O2S. The Hall–Kier alpha value is -1.82. The van der Waals surface area contributed by atoms with Crippen molar-refractivity contribution >= 4 is 17.6 Å². The van der Waals surface area contributed by atoms with E-state index in [2.05, 4.69) is 0 Å². The van der Waals surface area contributed by atoms with Gasteiger partial charge in [0.15, 0.2) is 6.29 Å². The van der Waals surface area contributed by atoms with Gasteiger partial charge >= 0.3 is 6.18 Å². The number of benzene rings is 1. The molecule has 6 heteroatoms. The van der Waals surface area contributed by atoms with Crippen LogP contribution in [-0.4, -0.2) is 6.29 Å². The number of rotatable bonds is 4. The molecule has 1 heterocycles. The summed E-state index contributed by atoms with van der Waals surface area (Å²) in [5.41, 5.74) is 0.00779. The molecule has 0 aliphatic heterocycles. The molecule has 0 radical (unpaired) electrons. The number of hydrogen-bond donors (Lipinski definition) is 0. The van der Waals surface area contributed by atoms with Gasteiger partial charge < -0.3 is 4.74 Å². The maximum atomic E-state index is 12.5. The van der Waals surface area contributed by atoms with Gasteiger partial charge in [-0.25, -0.2) is 0 Å². The Labute approximate surface area is 111 Å². The summed E-state index contributed by atoms with van der Waals surface area (Å²) in [4.78, 5) is 11.1. The zero-order valence-electron chi connectivity index (χ0n) is 9.61. The van der Waals surface area contributed by atoms with Gasteiger partial charge in [-0.1, -0.05) is 6.07 Å². The van der Waals surface area contributed by atoms with Crippen molar-refractivity contribution in [1.82, 2.24) is 0 Å². The molecule has 1 aromatic heterocycles. The average molecular weight is 286 g/mol. The lowest BCUT2D eigenvalue weighted by atomic mass is 10.2. The standard InChI is InChI=1S/C13H9F3O2S/c14-13(15,16)10-2-1-3-11(5-10)18-7-9-4-12(6-17)19-8-9/h1-6,8H,7H2. The van der Waals surface area contributed by atoms with Crippen molar-refractivity contribution in [3.8, 4) is 5.75 Å². The van der Waals surface area contributed by atoms with E-state index in [1.165, 1.54) is 23.5 Å². The fraction of sp³-hybridized carbons (Fsp3) is 0.154. The second kappa shape index (κ2) is 5.44. The van der Waals surface area contributed by atoms with Gasteiger partial charge in [-0.15, -0.1) is 11.3 Å². The minimum absolute atomic E-state index is 0.131. The van der Waals surface area contributed by atoms with E-state index in [1.54, 1.807) is 11.4 Å². The first kappa shape index (κ1) is 13.6. The number of aldehydes is 1. The average Bonchev–Trinajstić information content (AvgIpc) is 2.84. The Morgan fingerprint density at radius 3 is 2.68 bits per heavy atom. The Morgan fingerprint density at radius 1 is 1.26 bits per heavy atom. The molecule has 2 rings (SSSR count). The predicted molar refractivity (Wildman–Crippen MR) is 65.5 cm³/mol. The number of hydrogen-bond acceptors (Lipinski definition) is 3. The molecular weight excluding hydrogens is 277 g/mol. The van der Waals surface area contributed by atoms with Gasteiger partial charge in [0, 0.05) is 5.56 Å². The molecule has 1 aromatic carbocycles. The van der Waals surface area contributed by atoms with Crippen LogP contribution in [0.15, 0.2) is 35.7 Å². The third-order valence-electron chi connectivity index (χ3n) is 2.36. The fourth-order valence-corrected chi connectivity index (χ4v) is 2.16. The molecule has 19 heavy (non-hydrogen) atoms. The van der Waals surface area contributed by atoms with Crippen molar-refractivity contribution in [2.24, 2.45) is 0 Å². The number of alkyl halides is 3. The van der Waals surface area contributed by atoms with E-state index in [0.717, 1.165) is 24.0 Å². The minimum Gasteiger partial charge on any atom is -0.489 e. The van der Waals surface area contributed by atoms with E-state index in [4.69, 9.17) is 4.74 Å². The lowest BCUT2D eigenvalue weighted by Gasteiger charge is -2.09. The van der Waals surface area contributed by atoms with E-state index in [0.29, 0.717) is 4.88 Å². The topological polar surface area (TPSA) is 26.3 Å². The van der Waals surface area contributed by atoms with Crippen LogP contribution in [0.25, 0.3) is 0 Å². The molecule has 2 aromatic rings. The highest BCUT2D eigenvalue weighted by Crippen LogP contribution is 2.31. The van der Waals surface area contributed by atoms with Crippen LogP contribution in [0.3, 0.4) is 0 Å². The first-order chi connectivity index (χ1) is 8.99. The third-order valence-corrected chi connectivity index (χ3v) is 3.26. The normalized spacial score (nSPS) is 11.3. The highest BCUT2D eigenvalue weighted by molar-refractivity contribution is 7.11. The van der Waals surface area contributed by atoms with Gasteiger partial charge in [-0.3, -0.25) is 4.79 Å². The van der Waals surface area contributed by atoms with Crippen molar-refractivity contribution in [3.63, 3.8) is 0 Å². The fourth-order valence-electron chi connectivity index (χ4n) is 1.46. The van der Waals surface area contributed by atoms with E-state index in [9.17, 15) is 18.0 Å². The van der Waals surface area contributed by atoms with Crippen LogP contribution in [0, 0.1) is 0 Å². The van der Waals surface area contributed by atoms with Crippen LogP contribution in [0.2, 0.25) is 0 Å². The second-order valence-electron chi connectivity index (χ2n) is 3.79. The van der Waals surface area contributed by atoms with E-state index in [-0.39, 0.29) is 12.4 Å². The Kier molecular flexibility index (Phi) is 3.90. The summed E-state index contributed by atoms with van der Waals surface area (Å²) in [5.74, 6) is 0.147. The molecule has 0 atom stereocenters. The molecule has 0 unspecified atom stereocenters. The zero-order valence-corrected chi connectivity index (χ0v) is 10.4. The van der Waals surface area contributed by atoms with Gasteiger partial charge in [-0.05, 0) is 29.6 Å². The summed E-state index contributed by atoms with van der Waals surface area (Å²) in [6.07, 6.45) is -3.66. The molecule has 0 amide bonds. The van der Waals surface area contributed by atoms with Crippen LogP contribution >= 0.6 is 11.3 Å². The van der Waals surface area contributed by atoms with Gasteiger partial charge in [-0.2, -0.15) is 13.2 Å². The summed E-state index contributed by atoms with van der Waals surface area (Å²) in [6.45, 7) is 0.131. The zero-order chi connectivity index (χ0) is 13.9. The molecule has 0 saturated heterocycles. The number of carbonyl (C=O) groups is 1. The van der Waals surface area contributed by atoms with Gasteiger partial charge in [0.25, 0.3) is 0 Å². The van der Waals surface area contributed by atoms with Crippen LogP contribution in [0.4, 0.5) is 13.2 Å². The first-order valence-electron chi connectivity index (χ1n) is 5.31. The Bertz CT molecular complexity index is 575. The van der Waals surface area contributed by atoms with Crippen LogP contribution in [0.1, 0.15) is 20.8 Å². The third kappa shape index (κ3) is 3.57. The number of halogens is 3. The van der Waals surface area contributed by atoms with Crippen molar-refractivity contribution in [3.05, 3.63) is 51.7 Å². The SMILES string of the molecule is O=Cc1cc(COc2cccc(C(F)(F)F)c2)cs1. The van der Waals surface area contributed by atoms with Crippen LogP contribution < -0.4 is 4.74 Å². The molecule has 2 nitrogen and oxygen atoms in total. The van der Waals surface area contributed by atoms with E-state index >= 15 is 0 Å². The molecule has 0 aliphatic rings. The predicted octanol–water partition coefficient (Wildman–Crippen LogP) is 4.16. The highest BCUT2D eigenvalue weighted by Gasteiger charge is 2.30. The summed E-state index contributed by atoms with van der Waals surface area (Å²) in [7, 11) is 0. The van der Waals surface area contributed by atoms with Gasteiger partial charge in [0.05, 0.1) is 10.4 Å². The quantitative estimate of drug-likeness (QED) is 0.789. The van der Waals surface area contributed by atoms with Crippen molar-refractivity contribution in [2.45, 2.75) is 12.8 Å². The minimum atomic E-state index is -4.38. The lowest BCUT2D eigenvalue weighted by molar-refractivity contribution is -0.137. The smallest absolute Gasteiger partial charge is 0.416 e. The largest absolute Gasteiger partial charge is 0.489 e. The first-order valence-corrected chi connectivity index (χ1v) is 6.19. The summed E-state index contributed by atoms with van der Waals surface area (Å²) in [6, 6.07) is 6.34. The molecule has 0 saturated carbocycles. The summed E-state index contributed by atoms with van der Waals surface area (Å²) in [5, 5.41) is 1.73. The van der Waals surface area contributed by atoms with Gasteiger partial charge in [0.1, 0.15) is 12.4 Å². The maximum absolute atomic E-state index is 12.5. The monoisotopic (exact) mass is 286 g/mol.